The number of hydrogen-bond donors (Lipinski definition) is 1. The number of hydrogen-bond acceptors (Lipinski definition) is 4. The maximum atomic E-state index is 11.8. The van der Waals surface area contributed by atoms with Crippen LogP contribution in [-0.2, 0) is 19.5 Å². The van der Waals surface area contributed by atoms with Crippen LogP contribution in [0.4, 0.5) is 13.2 Å². The van der Waals surface area contributed by atoms with Crippen LogP contribution in [0.25, 0.3) is 0 Å². The van der Waals surface area contributed by atoms with Gasteiger partial charge in [0, 0.05) is 13.7 Å². The van der Waals surface area contributed by atoms with Gasteiger partial charge in [-0.05, 0) is 0 Å². The highest BCUT2D eigenvalue weighted by Gasteiger charge is 2.45. The van der Waals surface area contributed by atoms with Gasteiger partial charge in [-0.15, -0.1) is 0 Å². The normalized spacial score (nSPS) is 13.1. The molecule has 15 heavy (non-hydrogen) atoms. The molecule has 0 aromatic carbocycles. The van der Waals surface area contributed by atoms with E-state index in [2.05, 4.69) is 4.74 Å². The lowest BCUT2D eigenvalue weighted by Crippen LogP contribution is -2.38. The smallest absolute Gasteiger partial charge is 0.382 e. The Kier molecular flexibility index (Phi) is 6.10. The summed E-state index contributed by atoms with van der Waals surface area (Å²) in [7, 11) is -3.81. The summed E-state index contributed by atoms with van der Waals surface area (Å²) in [6.45, 7) is -0.0690. The molecule has 0 amide bonds. The predicted molar refractivity (Wildman–Crippen MR) is 45.7 cm³/mol. The van der Waals surface area contributed by atoms with Crippen LogP contribution in [0.2, 0.25) is 0 Å². The van der Waals surface area contributed by atoms with Crippen LogP contribution in [0.3, 0.4) is 0 Å². The van der Waals surface area contributed by atoms with Crippen molar-refractivity contribution in [1.82, 2.24) is 4.72 Å². The van der Waals surface area contributed by atoms with Crippen molar-refractivity contribution in [2.45, 2.75) is 5.51 Å². The lowest BCUT2D eigenvalue weighted by Gasteiger charge is -2.09. The van der Waals surface area contributed by atoms with Crippen molar-refractivity contribution in [3.8, 4) is 0 Å². The molecule has 0 aliphatic carbocycles. The van der Waals surface area contributed by atoms with E-state index >= 15 is 0 Å². The Bertz CT molecular complexity index is 264. The van der Waals surface area contributed by atoms with Crippen LogP contribution < -0.4 is 4.72 Å². The molecular weight excluding hydrogens is 239 g/mol. The standard InChI is InChI=1S/C6H12F3NO4S/c1-13-4-5-14-3-2-10-15(11,12)6(7,8)9/h10H,2-5H2,1H3. The molecule has 0 rings (SSSR count). The minimum absolute atomic E-state index is 0.140. The van der Waals surface area contributed by atoms with E-state index in [1.165, 1.54) is 11.8 Å². The van der Waals surface area contributed by atoms with Crippen molar-refractivity contribution in [3.05, 3.63) is 0 Å². The summed E-state index contributed by atoms with van der Waals surface area (Å²) in [6.07, 6.45) is 0. The third kappa shape index (κ3) is 5.92. The lowest BCUT2D eigenvalue weighted by atomic mass is 10.7. The van der Waals surface area contributed by atoms with E-state index in [0.29, 0.717) is 6.61 Å². The summed E-state index contributed by atoms with van der Waals surface area (Å²) in [6, 6.07) is 0. The molecule has 0 atom stereocenters. The van der Waals surface area contributed by atoms with Gasteiger partial charge in [-0.2, -0.15) is 13.2 Å². The van der Waals surface area contributed by atoms with Crippen LogP contribution in [0.1, 0.15) is 0 Å². The molecule has 0 radical (unpaired) electrons. The molecular formula is C6H12F3NO4S. The first kappa shape index (κ1) is 14.6. The Morgan fingerprint density at radius 1 is 1.20 bits per heavy atom. The SMILES string of the molecule is COCCOCCNS(=O)(=O)C(F)(F)F. The largest absolute Gasteiger partial charge is 0.511 e. The van der Waals surface area contributed by atoms with E-state index < -0.39 is 22.1 Å². The highest BCUT2D eigenvalue weighted by atomic mass is 32.2. The van der Waals surface area contributed by atoms with Gasteiger partial charge < -0.3 is 9.47 Å². The Morgan fingerprint density at radius 3 is 2.27 bits per heavy atom. The lowest BCUT2D eigenvalue weighted by molar-refractivity contribution is -0.0449. The minimum Gasteiger partial charge on any atom is -0.382 e. The summed E-state index contributed by atoms with van der Waals surface area (Å²) >= 11 is 0. The number of halogens is 3. The molecule has 0 saturated heterocycles. The average Bonchev–Trinajstić information content (AvgIpc) is 2.09. The van der Waals surface area contributed by atoms with Crippen LogP contribution >= 0.6 is 0 Å². The fourth-order valence-electron chi connectivity index (χ4n) is 0.574. The molecule has 1 N–H and O–H groups in total. The van der Waals surface area contributed by atoms with Gasteiger partial charge in [-0.3, -0.25) is 0 Å². The Morgan fingerprint density at radius 2 is 1.80 bits per heavy atom. The maximum Gasteiger partial charge on any atom is 0.511 e. The fourth-order valence-corrected chi connectivity index (χ4v) is 1.09. The number of ether oxygens (including phenoxy) is 2. The number of rotatable bonds is 7. The number of nitrogens with one attached hydrogen (secondary N) is 1. The van der Waals surface area contributed by atoms with Crippen molar-refractivity contribution >= 4 is 10.0 Å². The monoisotopic (exact) mass is 251 g/mol. The molecule has 0 fully saturated rings. The first-order valence-corrected chi connectivity index (χ1v) is 5.42. The molecule has 0 heterocycles. The van der Waals surface area contributed by atoms with Crippen LogP contribution in [0.15, 0.2) is 0 Å². The summed E-state index contributed by atoms with van der Waals surface area (Å²) in [5, 5.41) is 0. The second kappa shape index (κ2) is 6.26. The third-order valence-corrected chi connectivity index (χ3v) is 2.47. The van der Waals surface area contributed by atoms with E-state index in [1.54, 1.807) is 0 Å². The zero-order valence-electron chi connectivity index (χ0n) is 8.00. The van der Waals surface area contributed by atoms with Gasteiger partial charge in [0.2, 0.25) is 0 Å². The van der Waals surface area contributed by atoms with Crippen molar-refractivity contribution in [3.63, 3.8) is 0 Å². The summed E-state index contributed by atoms with van der Waals surface area (Å²) < 4.78 is 66.8. The van der Waals surface area contributed by atoms with E-state index in [4.69, 9.17) is 4.74 Å². The van der Waals surface area contributed by atoms with E-state index in [1.807, 2.05) is 0 Å². The summed E-state index contributed by atoms with van der Waals surface area (Å²) in [4.78, 5) is 0. The first-order valence-electron chi connectivity index (χ1n) is 3.94. The number of methoxy groups -OCH3 is 1. The van der Waals surface area contributed by atoms with Gasteiger partial charge in [0.25, 0.3) is 0 Å². The molecule has 0 aromatic rings. The van der Waals surface area contributed by atoms with Gasteiger partial charge in [-0.1, -0.05) is 0 Å². The fraction of sp³-hybridized carbons (Fsp3) is 1.00. The van der Waals surface area contributed by atoms with Crippen molar-refractivity contribution in [2.75, 3.05) is 33.5 Å². The average molecular weight is 251 g/mol. The van der Waals surface area contributed by atoms with E-state index in [9.17, 15) is 21.6 Å². The first-order chi connectivity index (χ1) is 6.81. The summed E-state index contributed by atoms with van der Waals surface area (Å²) in [5.74, 6) is 0. The van der Waals surface area contributed by atoms with Crippen LogP contribution in [0, 0.1) is 0 Å². The Labute approximate surface area is 85.6 Å². The van der Waals surface area contributed by atoms with Crippen molar-refractivity contribution < 1.29 is 31.1 Å². The topological polar surface area (TPSA) is 64.6 Å². The highest BCUT2D eigenvalue weighted by molar-refractivity contribution is 7.90. The molecule has 5 nitrogen and oxygen atoms in total. The maximum absolute atomic E-state index is 11.8. The molecule has 9 heteroatoms. The molecule has 0 aliphatic heterocycles. The molecule has 0 unspecified atom stereocenters. The van der Waals surface area contributed by atoms with Gasteiger partial charge in [0.15, 0.2) is 0 Å². The molecule has 0 aromatic heterocycles. The zero-order chi connectivity index (χ0) is 11.9. The summed E-state index contributed by atoms with van der Waals surface area (Å²) in [5.41, 5.74) is -5.28. The van der Waals surface area contributed by atoms with Crippen molar-refractivity contribution in [1.29, 1.82) is 0 Å². The quantitative estimate of drug-likeness (QED) is 0.651. The minimum atomic E-state index is -5.28. The zero-order valence-corrected chi connectivity index (χ0v) is 8.82. The van der Waals surface area contributed by atoms with Gasteiger partial charge in [0.1, 0.15) is 0 Å². The molecule has 0 spiro atoms. The Balaban J connectivity index is 3.69. The highest BCUT2D eigenvalue weighted by Crippen LogP contribution is 2.21. The second-order valence-corrected chi connectivity index (χ2v) is 4.21. The van der Waals surface area contributed by atoms with Crippen LogP contribution in [-0.4, -0.2) is 47.4 Å². The second-order valence-electron chi connectivity index (χ2n) is 2.45. The van der Waals surface area contributed by atoms with Gasteiger partial charge in [-0.25, -0.2) is 13.1 Å². The van der Waals surface area contributed by atoms with E-state index in [0.717, 1.165) is 0 Å². The number of alkyl halides is 3. The number of sulfonamides is 1. The molecule has 0 saturated carbocycles. The van der Waals surface area contributed by atoms with Crippen LogP contribution in [0.5, 0.6) is 0 Å². The molecule has 92 valence electrons. The molecule has 0 aliphatic rings. The Hall–Kier alpha value is -0.380. The van der Waals surface area contributed by atoms with E-state index in [-0.39, 0.29) is 13.2 Å². The molecule has 0 bridgehead atoms. The predicted octanol–water partition coefficient (Wildman–Crippen LogP) is 0.0886. The third-order valence-electron chi connectivity index (χ3n) is 1.27. The van der Waals surface area contributed by atoms with Gasteiger partial charge in [0.05, 0.1) is 19.8 Å². The van der Waals surface area contributed by atoms with Crippen molar-refractivity contribution in [2.24, 2.45) is 0 Å². The van der Waals surface area contributed by atoms with Gasteiger partial charge >= 0.3 is 15.5 Å².